The predicted molar refractivity (Wildman–Crippen MR) is 109 cm³/mol. The third-order valence-electron chi connectivity index (χ3n) is 4.53. The fourth-order valence-electron chi connectivity index (χ4n) is 2.64. The molecule has 0 saturated heterocycles. The normalized spacial score (nSPS) is 12.0. The maximum absolute atomic E-state index is 12.5. The molecule has 0 aliphatic carbocycles. The summed E-state index contributed by atoms with van der Waals surface area (Å²) in [5, 5.41) is 22.1. The highest BCUT2D eigenvalue weighted by Gasteiger charge is 2.14. The number of phenolic OH excluding ortho intramolecular Hbond substituents is 1. The van der Waals surface area contributed by atoms with Crippen molar-refractivity contribution < 1.29 is 19.4 Å². The number of anilines is 1. The SMILES string of the molecule is CC[C@H](C)c1ccc(NC(=O)/C(C#N)=C/c2cc(OC)c(O)c(OC)c2)cc1. The van der Waals surface area contributed by atoms with Crippen molar-refractivity contribution in [2.45, 2.75) is 26.2 Å². The first-order valence-corrected chi connectivity index (χ1v) is 8.91. The fraction of sp³-hybridized carbons (Fsp3) is 0.273. The van der Waals surface area contributed by atoms with Crippen molar-refractivity contribution in [3.8, 4) is 23.3 Å². The Morgan fingerprint density at radius 2 is 1.79 bits per heavy atom. The first-order chi connectivity index (χ1) is 13.4. The maximum Gasteiger partial charge on any atom is 0.266 e. The van der Waals surface area contributed by atoms with Gasteiger partial charge in [0, 0.05) is 5.69 Å². The zero-order valence-corrected chi connectivity index (χ0v) is 16.4. The Morgan fingerprint density at radius 3 is 2.25 bits per heavy atom. The summed E-state index contributed by atoms with van der Waals surface area (Å²) in [5.41, 5.74) is 2.21. The van der Waals surface area contributed by atoms with Gasteiger partial charge in [0.15, 0.2) is 11.5 Å². The molecule has 0 aliphatic heterocycles. The van der Waals surface area contributed by atoms with Gasteiger partial charge in [-0.1, -0.05) is 26.0 Å². The number of nitrogens with zero attached hydrogens (tertiary/aromatic N) is 1. The van der Waals surface area contributed by atoms with Crippen LogP contribution in [0.25, 0.3) is 6.08 Å². The highest BCUT2D eigenvalue weighted by molar-refractivity contribution is 6.09. The highest BCUT2D eigenvalue weighted by atomic mass is 16.5. The monoisotopic (exact) mass is 380 g/mol. The van der Waals surface area contributed by atoms with Gasteiger partial charge in [-0.3, -0.25) is 4.79 Å². The van der Waals surface area contributed by atoms with Crippen molar-refractivity contribution >= 4 is 17.7 Å². The Bertz CT molecular complexity index is 886. The van der Waals surface area contributed by atoms with Crippen molar-refractivity contribution in [3.05, 3.63) is 53.1 Å². The van der Waals surface area contributed by atoms with Gasteiger partial charge in [0.2, 0.25) is 5.75 Å². The number of rotatable bonds is 7. The Labute approximate surface area is 165 Å². The number of methoxy groups -OCH3 is 2. The summed E-state index contributed by atoms with van der Waals surface area (Å²) >= 11 is 0. The van der Waals surface area contributed by atoms with E-state index in [0.717, 1.165) is 6.42 Å². The molecule has 2 aromatic rings. The van der Waals surface area contributed by atoms with Gasteiger partial charge in [0.1, 0.15) is 11.6 Å². The second kappa shape index (κ2) is 9.47. The molecule has 0 fully saturated rings. The van der Waals surface area contributed by atoms with Gasteiger partial charge in [-0.05, 0) is 53.8 Å². The van der Waals surface area contributed by atoms with E-state index in [-0.39, 0.29) is 22.8 Å². The van der Waals surface area contributed by atoms with Gasteiger partial charge >= 0.3 is 0 Å². The van der Waals surface area contributed by atoms with E-state index in [4.69, 9.17) is 9.47 Å². The lowest BCUT2D eigenvalue weighted by Gasteiger charge is -2.11. The Kier molecular flexibility index (Phi) is 7.05. The topological polar surface area (TPSA) is 91.6 Å². The van der Waals surface area contributed by atoms with E-state index in [0.29, 0.717) is 17.2 Å². The van der Waals surface area contributed by atoms with Crippen LogP contribution in [0.1, 0.15) is 37.3 Å². The van der Waals surface area contributed by atoms with Crippen molar-refractivity contribution in [3.63, 3.8) is 0 Å². The Hall–Kier alpha value is -3.46. The molecule has 1 amide bonds. The van der Waals surface area contributed by atoms with Crippen LogP contribution < -0.4 is 14.8 Å². The summed E-state index contributed by atoms with van der Waals surface area (Å²) in [7, 11) is 2.81. The molecule has 2 aromatic carbocycles. The van der Waals surface area contributed by atoms with E-state index in [1.165, 1.54) is 38.0 Å². The summed E-state index contributed by atoms with van der Waals surface area (Å²) < 4.78 is 10.2. The number of nitrogens with one attached hydrogen (secondary N) is 1. The molecule has 2 N–H and O–H groups in total. The molecule has 6 heteroatoms. The number of hydrogen-bond donors (Lipinski definition) is 2. The van der Waals surface area contributed by atoms with Crippen molar-refractivity contribution in [2.75, 3.05) is 19.5 Å². The smallest absolute Gasteiger partial charge is 0.266 e. The van der Waals surface area contributed by atoms with Crippen LogP contribution in [-0.2, 0) is 4.79 Å². The van der Waals surface area contributed by atoms with Gasteiger partial charge < -0.3 is 19.9 Å². The number of ether oxygens (including phenoxy) is 2. The van der Waals surface area contributed by atoms with Crippen molar-refractivity contribution in [1.82, 2.24) is 0 Å². The molecular formula is C22H24N2O4. The van der Waals surface area contributed by atoms with Gasteiger partial charge in [-0.25, -0.2) is 0 Å². The Balaban J connectivity index is 2.25. The lowest BCUT2D eigenvalue weighted by molar-refractivity contribution is -0.112. The molecule has 0 aromatic heterocycles. The first kappa shape index (κ1) is 20.8. The number of carbonyl (C=O) groups excluding carboxylic acids is 1. The minimum absolute atomic E-state index is 0.0826. The number of hydrogen-bond acceptors (Lipinski definition) is 5. The molecule has 6 nitrogen and oxygen atoms in total. The Morgan fingerprint density at radius 1 is 1.21 bits per heavy atom. The molecule has 0 saturated carbocycles. The maximum atomic E-state index is 12.5. The highest BCUT2D eigenvalue weighted by Crippen LogP contribution is 2.37. The van der Waals surface area contributed by atoms with Crippen LogP contribution >= 0.6 is 0 Å². The van der Waals surface area contributed by atoms with Crippen LogP contribution in [0.5, 0.6) is 17.2 Å². The second-order valence-corrected chi connectivity index (χ2v) is 6.33. The van der Waals surface area contributed by atoms with Crippen LogP contribution in [0.3, 0.4) is 0 Å². The molecule has 146 valence electrons. The zero-order valence-electron chi connectivity index (χ0n) is 16.4. The van der Waals surface area contributed by atoms with Crippen LogP contribution in [-0.4, -0.2) is 25.2 Å². The number of carbonyl (C=O) groups is 1. The zero-order chi connectivity index (χ0) is 20.7. The molecule has 28 heavy (non-hydrogen) atoms. The molecule has 1 atom stereocenters. The second-order valence-electron chi connectivity index (χ2n) is 6.33. The first-order valence-electron chi connectivity index (χ1n) is 8.91. The molecule has 0 aliphatic rings. The molecule has 0 spiro atoms. The van der Waals surface area contributed by atoms with Crippen LogP contribution in [0.4, 0.5) is 5.69 Å². The minimum atomic E-state index is -0.523. The average Bonchev–Trinajstić information content (AvgIpc) is 2.72. The van der Waals surface area contributed by atoms with Crippen LogP contribution in [0, 0.1) is 11.3 Å². The number of benzene rings is 2. The van der Waals surface area contributed by atoms with Gasteiger partial charge in [0.25, 0.3) is 5.91 Å². The van der Waals surface area contributed by atoms with Crippen LogP contribution in [0.2, 0.25) is 0 Å². The van der Waals surface area contributed by atoms with E-state index in [2.05, 4.69) is 19.2 Å². The molecule has 0 unspecified atom stereocenters. The third kappa shape index (κ3) is 4.83. The van der Waals surface area contributed by atoms with Crippen molar-refractivity contribution in [1.29, 1.82) is 5.26 Å². The average molecular weight is 380 g/mol. The summed E-state index contributed by atoms with van der Waals surface area (Å²) in [6.07, 6.45) is 2.44. The summed E-state index contributed by atoms with van der Waals surface area (Å²) in [4.78, 5) is 12.5. The van der Waals surface area contributed by atoms with E-state index in [1.54, 1.807) is 0 Å². The third-order valence-corrected chi connectivity index (χ3v) is 4.53. The lowest BCUT2D eigenvalue weighted by atomic mass is 9.98. The van der Waals surface area contributed by atoms with Crippen LogP contribution in [0.15, 0.2) is 42.0 Å². The lowest BCUT2D eigenvalue weighted by Crippen LogP contribution is -2.13. The summed E-state index contributed by atoms with van der Waals surface area (Å²) in [6.45, 7) is 4.27. The predicted octanol–water partition coefficient (Wildman–Crippen LogP) is 4.47. The summed E-state index contributed by atoms with van der Waals surface area (Å²) in [5.74, 6) is 0.142. The minimum Gasteiger partial charge on any atom is -0.502 e. The summed E-state index contributed by atoms with van der Waals surface area (Å²) in [6, 6.07) is 12.5. The number of aromatic hydroxyl groups is 1. The van der Waals surface area contributed by atoms with Gasteiger partial charge in [-0.15, -0.1) is 0 Å². The molecular weight excluding hydrogens is 356 g/mol. The standard InChI is InChI=1S/C22H24N2O4/c1-5-14(2)16-6-8-18(9-7-16)24-22(26)17(13-23)10-15-11-19(27-3)21(25)20(12-15)28-4/h6-12,14,25H,5H2,1-4H3,(H,24,26)/b17-10+/t14-/m0/s1. The molecule has 0 radical (unpaired) electrons. The van der Waals surface area contributed by atoms with E-state index < -0.39 is 5.91 Å². The van der Waals surface area contributed by atoms with Gasteiger partial charge in [-0.2, -0.15) is 5.26 Å². The van der Waals surface area contributed by atoms with E-state index in [9.17, 15) is 15.2 Å². The quantitative estimate of drug-likeness (QED) is 0.546. The van der Waals surface area contributed by atoms with E-state index in [1.807, 2.05) is 30.3 Å². The molecule has 0 heterocycles. The van der Waals surface area contributed by atoms with Gasteiger partial charge in [0.05, 0.1) is 14.2 Å². The number of amides is 1. The molecule has 2 rings (SSSR count). The molecule has 0 bridgehead atoms. The van der Waals surface area contributed by atoms with E-state index >= 15 is 0 Å². The number of phenols is 1. The fourth-order valence-corrected chi connectivity index (χ4v) is 2.64. The van der Waals surface area contributed by atoms with Crippen molar-refractivity contribution in [2.24, 2.45) is 0 Å². The number of nitriles is 1. The largest absolute Gasteiger partial charge is 0.502 e.